The topological polar surface area (TPSA) is 79.0 Å². The van der Waals surface area contributed by atoms with Gasteiger partial charge in [-0.15, -0.1) is 0 Å². The minimum absolute atomic E-state index is 0.0906. The van der Waals surface area contributed by atoms with Crippen LogP contribution in [0.4, 0.5) is 11.4 Å². The molecule has 3 aromatic rings. The molecule has 6 nitrogen and oxygen atoms in total. The molecule has 0 radical (unpaired) electrons. The Morgan fingerprint density at radius 1 is 1.22 bits per heavy atom. The molecule has 0 spiro atoms. The number of benzene rings is 1. The summed E-state index contributed by atoms with van der Waals surface area (Å²) in [5.74, 6) is 0.555. The van der Waals surface area contributed by atoms with Gasteiger partial charge in [-0.25, -0.2) is 4.98 Å². The van der Waals surface area contributed by atoms with Crippen LogP contribution in [-0.2, 0) is 4.79 Å². The van der Waals surface area contributed by atoms with Gasteiger partial charge in [0.15, 0.2) is 0 Å². The average molecular weight is 358 g/mol. The van der Waals surface area contributed by atoms with Crippen molar-refractivity contribution in [3.05, 3.63) is 59.5 Å². The summed E-state index contributed by atoms with van der Waals surface area (Å²) in [6.45, 7) is 3.45. The van der Waals surface area contributed by atoms with Gasteiger partial charge in [0.2, 0.25) is 5.88 Å². The first-order valence-corrected chi connectivity index (χ1v) is 8.88. The molecule has 2 aliphatic heterocycles. The van der Waals surface area contributed by atoms with Crippen LogP contribution in [0.1, 0.15) is 16.8 Å². The number of anilines is 2. The zero-order valence-electron chi connectivity index (χ0n) is 14.8. The van der Waals surface area contributed by atoms with Gasteiger partial charge in [0.1, 0.15) is 12.3 Å². The molecule has 1 amide bonds. The van der Waals surface area contributed by atoms with E-state index >= 15 is 0 Å². The van der Waals surface area contributed by atoms with Gasteiger partial charge in [0.05, 0.1) is 5.57 Å². The van der Waals surface area contributed by atoms with Crippen molar-refractivity contribution in [2.75, 3.05) is 23.8 Å². The number of hydrogen-bond donors (Lipinski definition) is 3. The van der Waals surface area contributed by atoms with Crippen LogP contribution < -0.4 is 15.4 Å². The number of hydrogen-bond acceptors (Lipinski definition) is 4. The second kappa shape index (κ2) is 6.02. The van der Waals surface area contributed by atoms with Crippen LogP contribution in [0.3, 0.4) is 0 Å². The molecule has 6 heteroatoms. The third-order valence-corrected chi connectivity index (χ3v) is 4.98. The first-order chi connectivity index (χ1) is 13.2. The van der Waals surface area contributed by atoms with E-state index in [1.54, 1.807) is 0 Å². The highest BCUT2D eigenvalue weighted by Crippen LogP contribution is 2.39. The van der Waals surface area contributed by atoms with Gasteiger partial charge in [-0.3, -0.25) is 4.79 Å². The number of aromatic amines is 1. The largest absolute Gasteiger partial charge is 0.474 e. The number of nitrogens with zero attached hydrogens (tertiary/aromatic N) is 1. The molecular weight excluding hydrogens is 340 g/mol. The molecule has 0 bridgehead atoms. The summed E-state index contributed by atoms with van der Waals surface area (Å²) < 4.78 is 5.62. The van der Waals surface area contributed by atoms with E-state index in [4.69, 9.17) is 4.74 Å². The van der Waals surface area contributed by atoms with E-state index in [1.165, 1.54) is 0 Å². The number of carbonyl (C=O) groups is 1. The molecule has 0 saturated heterocycles. The molecule has 0 aliphatic carbocycles. The van der Waals surface area contributed by atoms with Gasteiger partial charge in [-0.05, 0) is 48.4 Å². The lowest BCUT2D eigenvalue weighted by atomic mass is 9.96. The Balaban J connectivity index is 1.61. The summed E-state index contributed by atoms with van der Waals surface area (Å²) >= 11 is 0. The van der Waals surface area contributed by atoms with Crippen molar-refractivity contribution >= 4 is 28.9 Å². The molecule has 0 atom stereocenters. The van der Waals surface area contributed by atoms with Gasteiger partial charge in [-0.2, -0.15) is 0 Å². The number of pyridine rings is 1. The third kappa shape index (κ3) is 2.57. The minimum Gasteiger partial charge on any atom is -0.474 e. The summed E-state index contributed by atoms with van der Waals surface area (Å²) in [5.41, 5.74) is 7.34. The van der Waals surface area contributed by atoms with Gasteiger partial charge < -0.3 is 20.4 Å². The van der Waals surface area contributed by atoms with E-state index in [2.05, 4.69) is 27.5 Å². The lowest BCUT2D eigenvalue weighted by molar-refractivity contribution is -0.110. The summed E-state index contributed by atoms with van der Waals surface area (Å²) in [6.07, 6.45) is 5.55. The highest BCUT2D eigenvalue weighted by molar-refractivity contribution is 6.35. The maximum atomic E-state index is 12.4. The van der Waals surface area contributed by atoms with Crippen LogP contribution in [0.2, 0.25) is 0 Å². The molecule has 0 fully saturated rings. The number of H-pyrrole nitrogens is 1. The summed E-state index contributed by atoms with van der Waals surface area (Å²) in [5, 5.41) is 6.30. The van der Waals surface area contributed by atoms with Crippen molar-refractivity contribution < 1.29 is 9.53 Å². The standard InChI is InChI=1S/C21H18N4O2/c1-12-17(11-24-21-19(12)23-7-8-27-21)13-4-5-18-15(9-13)16(20(26)25-18)10-14-3-2-6-22-14/h2-6,9-11,22-23H,7-8H2,1H3,(H,25,26). The number of aromatic nitrogens is 2. The molecule has 2 aromatic heterocycles. The molecular formula is C21H18N4O2. The molecule has 27 heavy (non-hydrogen) atoms. The lowest BCUT2D eigenvalue weighted by Gasteiger charge is -2.21. The summed E-state index contributed by atoms with van der Waals surface area (Å²) in [4.78, 5) is 20.0. The Morgan fingerprint density at radius 2 is 2.15 bits per heavy atom. The summed E-state index contributed by atoms with van der Waals surface area (Å²) in [7, 11) is 0. The fourth-order valence-corrected chi connectivity index (χ4v) is 3.60. The number of nitrogens with one attached hydrogen (secondary N) is 3. The summed E-state index contributed by atoms with van der Waals surface area (Å²) in [6, 6.07) is 9.85. The van der Waals surface area contributed by atoms with Crippen molar-refractivity contribution in [3.8, 4) is 17.0 Å². The molecule has 5 rings (SSSR count). The number of carbonyl (C=O) groups excluding carboxylic acids is 1. The van der Waals surface area contributed by atoms with Crippen molar-refractivity contribution in [1.29, 1.82) is 0 Å². The Hall–Kier alpha value is -3.54. The SMILES string of the molecule is Cc1c(-c2ccc3c(c2)C(=Cc2ccc[nH]2)C(=O)N3)cnc2c1NCCO2. The Labute approximate surface area is 156 Å². The van der Waals surface area contributed by atoms with Gasteiger partial charge >= 0.3 is 0 Å². The van der Waals surface area contributed by atoms with Crippen LogP contribution >= 0.6 is 0 Å². The zero-order chi connectivity index (χ0) is 18.4. The fraction of sp³-hybridized carbons (Fsp3) is 0.143. The van der Waals surface area contributed by atoms with E-state index < -0.39 is 0 Å². The number of fused-ring (bicyclic) bond motifs is 2. The average Bonchev–Trinajstić information content (AvgIpc) is 3.31. The molecule has 0 saturated carbocycles. The van der Waals surface area contributed by atoms with Crippen molar-refractivity contribution in [1.82, 2.24) is 9.97 Å². The van der Waals surface area contributed by atoms with Crippen LogP contribution in [-0.4, -0.2) is 29.0 Å². The third-order valence-electron chi connectivity index (χ3n) is 4.98. The molecule has 3 N–H and O–H groups in total. The first kappa shape index (κ1) is 15.7. The molecule has 0 unspecified atom stereocenters. The number of rotatable bonds is 2. The smallest absolute Gasteiger partial charge is 0.256 e. The second-order valence-electron chi connectivity index (χ2n) is 6.65. The number of ether oxygens (including phenoxy) is 1. The Bertz CT molecular complexity index is 1080. The van der Waals surface area contributed by atoms with E-state index in [9.17, 15) is 4.79 Å². The van der Waals surface area contributed by atoms with Gasteiger partial charge in [-0.1, -0.05) is 6.07 Å². The highest BCUT2D eigenvalue weighted by Gasteiger charge is 2.25. The Kier molecular flexibility index (Phi) is 3.50. The van der Waals surface area contributed by atoms with Crippen LogP contribution in [0.25, 0.3) is 22.8 Å². The quantitative estimate of drug-likeness (QED) is 0.611. The first-order valence-electron chi connectivity index (χ1n) is 8.88. The normalized spacial score (nSPS) is 16.3. The predicted octanol–water partition coefficient (Wildman–Crippen LogP) is 3.68. The molecule has 1 aromatic carbocycles. The predicted molar refractivity (Wildman–Crippen MR) is 106 cm³/mol. The molecule has 4 heterocycles. The maximum Gasteiger partial charge on any atom is 0.256 e. The maximum absolute atomic E-state index is 12.4. The van der Waals surface area contributed by atoms with Crippen molar-refractivity contribution in [2.24, 2.45) is 0 Å². The van der Waals surface area contributed by atoms with E-state index in [0.29, 0.717) is 18.1 Å². The van der Waals surface area contributed by atoms with Gasteiger partial charge in [0.25, 0.3) is 5.91 Å². The van der Waals surface area contributed by atoms with Crippen LogP contribution in [0.15, 0.2) is 42.7 Å². The molecule has 2 aliphatic rings. The van der Waals surface area contributed by atoms with Crippen LogP contribution in [0, 0.1) is 6.92 Å². The highest BCUT2D eigenvalue weighted by atomic mass is 16.5. The minimum atomic E-state index is -0.0906. The lowest BCUT2D eigenvalue weighted by Crippen LogP contribution is -2.20. The monoisotopic (exact) mass is 358 g/mol. The zero-order valence-corrected chi connectivity index (χ0v) is 14.8. The van der Waals surface area contributed by atoms with Gasteiger partial charge in [0, 0.05) is 41.4 Å². The van der Waals surface area contributed by atoms with Crippen molar-refractivity contribution in [3.63, 3.8) is 0 Å². The molecule has 134 valence electrons. The van der Waals surface area contributed by atoms with Crippen LogP contribution in [0.5, 0.6) is 5.88 Å². The van der Waals surface area contributed by atoms with E-state index in [0.717, 1.165) is 45.9 Å². The van der Waals surface area contributed by atoms with E-state index in [1.807, 2.05) is 48.8 Å². The number of amides is 1. The van der Waals surface area contributed by atoms with E-state index in [-0.39, 0.29) is 5.91 Å². The van der Waals surface area contributed by atoms with Crippen molar-refractivity contribution in [2.45, 2.75) is 6.92 Å². The Morgan fingerprint density at radius 3 is 3.00 bits per heavy atom. The second-order valence-corrected chi connectivity index (χ2v) is 6.65. The fourth-order valence-electron chi connectivity index (χ4n) is 3.60.